The molecule has 0 aliphatic heterocycles. The number of hydrogen-bond acceptors (Lipinski definition) is 6. The van der Waals surface area contributed by atoms with E-state index in [1.807, 2.05) is 24.3 Å². The van der Waals surface area contributed by atoms with Crippen LogP contribution in [-0.2, 0) is 5.41 Å². The average Bonchev–Trinajstić information content (AvgIpc) is 2.64. The molecule has 0 aliphatic carbocycles. The predicted octanol–water partition coefficient (Wildman–Crippen LogP) is 3.39. The fraction of sp³-hybridized carbons (Fsp3) is 0.300. The zero-order valence-corrected chi connectivity index (χ0v) is 16.0. The fourth-order valence-corrected chi connectivity index (χ4v) is 2.76. The lowest BCUT2D eigenvalue weighted by Gasteiger charge is -2.19. The van der Waals surface area contributed by atoms with Crippen molar-refractivity contribution in [1.82, 2.24) is 9.38 Å². The summed E-state index contributed by atoms with van der Waals surface area (Å²) >= 11 is 0. The number of aromatic nitrogens is 2. The normalized spacial score (nSPS) is 11.4. The van der Waals surface area contributed by atoms with Gasteiger partial charge in [0.2, 0.25) is 5.82 Å². The molecular formula is C20H22N4O4. The van der Waals surface area contributed by atoms with Crippen LogP contribution in [0.25, 0.3) is 5.65 Å². The van der Waals surface area contributed by atoms with E-state index in [9.17, 15) is 14.9 Å². The van der Waals surface area contributed by atoms with Crippen LogP contribution in [0.2, 0.25) is 0 Å². The van der Waals surface area contributed by atoms with Gasteiger partial charge in [0.05, 0.1) is 11.5 Å². The van der Waals surface area contributed by atoms with Crippen LogP contribution in [-0.4, -0.2) is 27.5 Å². The number of ether oxygens (including phenoxy) is 1. The minimum Gasteiger partial charge on any atom is -0.492 e. The van der Waals surface area contributed by atoms with Gasteiger partial charge in [-0.25, -0.2) is 4.98 Å². The molecule has 0 amide bonds. The largest absolute Gasteiger partial charge is 0.492 e. The lowest BCUT2D eigenvalue weighted by atomic mass is 9.87. The van der Waals surface area contributed by atoms with E-state index < -0.39 is 16.2 Å². The summed E-state index contributed by atoms with van der Waals surface area (Å²) in [7, 11) is 0. The Hall–Kier alpha value is -3.42. The van der Waals surface area contributed by atoms with Crippen molar-refractivity contribution in [2.24, 2.45) is 0 Å². The molecule has 2 aromatic heterocycles. The molecule has 0 fully saturated rings. The number of benzene rings is 1. The molecule has 0 saturated carbocycles. The highest BCUT2D eigenvalue weighted by Crippen LogP contribution is 2.24. The van der Waals surface area contributed by atoms with Gasteiger partial charge in [-0.15, -0.1) is 0 Å². The summed E-state index contributed by atoms with van der Waals surface area (Å²) in [6.45, 7) is 6.94. The van der Waals surface area contributed by atoms with Gasteiger partial charge < -0.3 is 10.1 Å². The van der Waals surface area contributed by atoms with E-state index in [0.29, 0.717) is 11.4 Å². The zero-order valence-electron chi connectivity index (χ0n) is 16.0. The van der Waals surface area contributed by atoms with Crippen LogP contribution >= 0.6 is 0 Å². The Morgan fingerprint density at radius 1 is 1.18 bits per heavy atom. The van der Waals surface area contributed by atoms with E-state index in [0.717, 1.165) is 4.40 Å². The molecule has 0 atom stereocenters. The molecule has 2 heterocycles. The summed E-state index contributed by atoms with van der Waals surface area (Å²) in [5, 5.41) is 14.2. The van der Waals surface area contributed by atoms with Crippen molar-refractivity contribution >= 4 is 17.2 Å². The second-order valence-electron chi connectivity index (χ2n) is 7.35. The quantitative estimate of drug-likeness (QED) is 0.399. The number of nitrogens with one attached hydrogen (secondary N) is 1. The van der Waals surface area contributed by atoms with Crippen molar-refractivity contribution < 1.29 is 9.66 Å². The molecule has 3 rings (SSSR count). The first kappa shape index (κ1) is 19.3. The lowest BCUT2D eigenvalue weighted by Crippen LogP contribution is -2.22. The molecule has 8 heteroatoms. The predicted molar refractivity (Wildman–Crippen MR) is 107 cm³/mol. The van der Waals surface area contributed by atoms with Gasteiger partial charge >= 0.3 is 11.2 Å². The topological polar surface area (TPSA) is 98.8 Å². The lowest BCUT2D eigenvalue weighted by molar-refractivity contribution is -0.385. The number of pyridine rings is 1. The van der Waals surface area contributed by atoms with Gasteiger partial charge in [-0.2, -0.15) is 0 Å². The Bertz CT molecular complexity index is 1050. The minimum absolute atomic E-state index is 0.0621. The minimum atomic E-state index is -0.725. The van der Waals surface area contributed by atoms with Gasteiger partial charge in [-0.05, 0) is 35.2 Å². The molecule has 146 valence electrons. The molecular weight excluding hydrogens is 360 g/mol. The maximum Gasteiger partial charge on any atom is 0.376 e. The first-order valence-corrected chi connectivity index (χ1v) is 8.90. The third-order valence-corrected chi connectivity index (χ3v) is 4.28. The second kappa shape index (κ2) is 7.67. The van der Waals surface area contributed by atoms with E-state index in [2.05, 4.69) is 31.1 Å². The maximum atomic E-state index is 12.4. The molecule has 1 N–H and O–H groups in total. The van der Waals surface area contributed by atoms with E-state index in [4.69, 9.17) is 4.74 Å². The monoisotopic (exact) mass is 382 g/mol. The summed E-state index contributed by atoms with van der Waals surface area (Å²) in [5.74, 6) is 0.642. The summed E-state index contributed by atoms with van der Waals surface area (Å²) < 4.78 is 6.82. The fourth-order valence-electron chi connectivity index (χ4n) is 2.76. The molecule has 0 unspecified atom stereocenters. The van der Waals surface area contributed by atoms with Gasteiger partial charge in [-0.3, -0.25) is 19.3 Å². The molecule has 0 spiro atoms. The first-order valence-electron chi connectivity index (χ1n) is 8.90. The Kier molecular flexibility index (Phi) is 5.30. The SMILES string of the molecule is CC(C)(C)c1ccc(OCCNc2nc3ccccn3c(=O)c2[N+](=O)[O-])cc1. The standard InChI is InChI=1S/C20H22N4O4/c1-20(2,3)14-7-9-15(10-8-14)28-13-11-21-18-17(24(26)27)19(25)23-12-5-4-6-16(23)22-18/h4-10,12,21H,11,13H2,1-3H3. The smallest absolute Gasteiger partial charge is 0.376 e. The van der Waals surface area contributed by atoms with Crippen LogP contribution in [0.3, 0.4) is 0 Å². The zero-order chi connectivity index (χ0) is 20.3. The molecule has 28 heavy (non-hydrogen) atoms. The van der Waals surface area contributed by atoms with E-state index in [1.54, 1.807) is 18.2 Å². The van der Waals surface area contributed by atoms with Crippen LogP contribution < -0.4 is 15.6 Å². The van der Waals surface area contributed by atoms with Crippen molar-refractivity contribution in [2.75, 3.05) is 18.5 Å². The number of nitrogens with zero attached hydrogens (tertiary/aromatic N) is 3. The van der Waals surface area contributed by atoms with Crippen LogP contribution in [0, 0.1) is 10.1 Å². The number of nitro groups is 1. The number of hydrogen-bond donors (Lipinski definition) is 1. The molecule has 3 aromatic rings. The molecule has 0 radical (unpaired) electrons. The van der Waals surface area contributed by atoms with Crippen LogP contribution in [0.5, 0.6) is 5.75 Å². The van der Waals surface area contributed by atoms with Crippen LogP contribution in [0.15, 0.2) is 53.5 Å². The van der Waals surface area contributed by atoms with Gasteiger partial charge in [0.15, 0.2) is 0 Å². The summed E-state index contributed by atoms with van der Waals surface area (Å²) in [5.41, 5.74) is 0.290. The number of fused-ring (bicyclic) bond motifs is 1. The Morgan fingerprint density at radius 2 is 1.89 bits per heavy atom. The van der Waals surface area contributed by atoms with Crippen molar-refractivity contribution in [3.8, 4) is 5.75 Å². The molecule has 1 aromatic carbocycles. The highest BCUT2D eigenvalue weighted by Gasteiger charge is 2.23. The molecule has 0 bridgehead atoms. The second-order valence-corrected chi connectivity index (χ2v) is 7.35. The van der Waals surface area contributed by atoms with E-state index >= 15 is 0 Å². The first-order chi connectivity index (χ1) is 13.3. The Morgan fingerprint density at radius 3 is 2.54 bits per heavy atom. The van der Waals surface area contributed by atoms with Crippen molar-refractivity contribution in [2.45, 2.75) is 26.2 Å². The van der Waals surface area contributed by atoms with Gasteiger partial charge in [0, 0.05) is 6.20 Å². The average molecular weight is 382 g/mol. The van der Waals surface area contributed by atoms with Crippen molar-refractivity contribution in [1.29, 1.82) is 0 Å². The van der Waals surface area contributed by atoms with E-state index in [-0.39, 0.29) is 24.4 Å². The van der Waals surface area contributed by atoms with Gasteiger partial charge in [0.25, 0.3) is 0 Å². The highest BCUT2D eigenvalue weighted by molar-refractivity contribution is 5.59. The molecule has 8 nitrogen and oxygen atoms in total. The van der Waals surface area contributed by atoms with E-state index in [1.165, 1.54) is 11.8 Å². The maximum absolute atomic E-state index is 12.4. The van der Waals surface area contributed by atoms with Crippen molar-refractivity contribution in [3.05, 3.63) is 74.7 Å². The Labute approximate surface area is 162 Å². The van der Waals surface area contributed by atoms with Gasteiger partial charge in [-0.1, -0.05) is 39.0 Å². The summed E-state index contributed by atoms with van der Waals surface area (Å²) in [6.07, 6.45) is 1.45. The summed E-state index contributed by atoms with van der Waals surface area (Å²) in [6, 6.07) is 12.8. The third-order valence-electron chi connectivity index (χ3n) is 4.28. The number of rotatable bonds is 6. The summed E-state index contributed by atoms with van der Waals surface area (Å²) in [4.78, 5) is 27.2. The molecule has 0 saturated heterocycles. The van der Waals surface area contributed by atoms with Gasteiger partial charge in [0.1, 0.15) is 18.0 Å². The van der Waals surface area contributed by atoms with Crippen LogP contribution in [0.1, 0.15) is 26.3 Å². The Balaban J connectivity index is 1.69. The number of anilines is 1. The third kappa shape index (κ3) is 4.11. The van der Waals surface area contributed by atoms with Crippen LogP contribution in [0.4, 0.5) is 11.5 Å². The molecule has 0 aliphatic rings. The highest BCUT2D eigenvalue weighted by atomic mass is 16.6. The van der Waals surface area contributed by atoms with Crippen molar-refractivity contribution in [3.63, 3.8) is 0 Å².